The minimum atomic E-state index is -0.177. The summed E-state index contributed by atoms with van der Waals surface area (Å²) in [4.78, 5) is 12.3. The summed E-state index contributed by atoms with van der Waals surface area (Å²) in [5.74, 6) is -0.0259. The minimum absolute atomic E-state index is 0.151. The highest BCUT2D eigenvalue weighted by Crippen LogP contribution is 2.28. The largest absolute Gasteiger partial charge is 0.508 e. The normalized spacial score (nSPS) is 13.6. The van der Waals surface area contributed by atoms with E-state index in [1.54, 1.807) is 12.1 Å². The summed E-state index contributed by atoms with van der Waals surface area (Å²) in [6.07, 6.45) is 4.50. The maximum Gasteiger partial charge on any atom is 0.255 e. The van der Waals surface area contributed by atoms with E-state index < -0.39 is 0 Å². The first kappa shape index (κ1) is 13.7. The number of phenolic OH excluding ortho intramolecular Hbond substituents is 1. The number of benzene rings is 2. The van der Waals surface area contributed by atoms with Crippen LogP contribution in [0.15, 0.2) is 36.4 Å². The number of phenols is 1. The molecule has 0 unspecified atom stereocenters. The van der Waals surface area contributed by atoms with Crippen molar-refractivity contribution in [1.82, 2.24) is 0 Å². The molecule has 2 N–H and O–H groups in total. The van der Waals surface area contributed by atoms with Crippen LogP contribution in [0.3, 0.4) is 0 Å². The lowest BCUT2D eigenvalue weighted by Gasteiger charge is -2.19. The molecule has 3 rings (SSSR count). The lowest BCUT2D eigenvalue weighted by Crippen LogP contribution is -2.15. The molecule has 0 saturated carbocycles. The third-order valence-electron chi connectivity index (χ3n) is 4.12. The van der Waals surface area contributed by atoms with Gasteiger partial charge >= 0.3 is 0 Å². The number of aryl methyl sites for hydroxylation is 2. The molecule has 0 heterocycles. The SMILES string of the molecule is Cc1ccc(C(=O)Nc2cccc3c2CCCC3)cc1O. The molecule has 0 saturated heterocycles. The first-order valence-electron chi connectivity index (χ1n) is 7.37. The third-order valence-corrected chi connectivity index (χ3v) is 4.12. The van der Waals surface area contributed by atoms with Crippen LogP contribution in [0.2, 0.25) is 0 Å². The van der Waals surface area contributed by atoms with Crippen molar-refractivity contribution in [3.63, 3.8) is 0 Å². The van der Waals surface area contributed by atoms with E-state index in [-0.39, 0.29) is 11.7 Å². The van der Waals surface area contributed by atoms with Crippen LogP contribution in [-0.4, -0.2) is 11.0 Å². The van der Waals surface area contributed by atoms with Gasteiger partial charge in [-0.05, 0) is 67.5 Å². The number of hydrogen-bond donors (Lipinski definition) is 2. The van der Waals surface area contributed by atoms with Gasteiger partial charge in [-0.25, -0.2) is 0 Å². The molecule has 1 aliphatic carbocycles. The molecule has 1 amide bonds. The molecule has 2 aromatic carbocycles. The Balaban J connectivity index is 1.86. The number of carbonyl (C=O) groups is 1. The Kier molecular flexibility index (Phi) is 3.65. The number of carbonyl (C=O) groups excluding carboxylic acids is 1. The van der Waals surface area contributed by atoms with Gasteiger partial charge in [0.1, 0.15) is 5.75 Å². The standard InChI is InChI=1S/C18H19NO2/c1-12-9-10-14(11-17(12)20)18(21)19-16-8-4-6-13-5-2-3-7-15(13)16/h4,6,8-11,20H,2-3,5,7H2,1H3,(H,19,21). The van der Waals surface area contributed by atoms with Crippen LogP contribution in [0, 0.1) is 6.92 Å². The lowest BCUT2D eigenvalue weighted by molar-refractivity contribution is 0.102. The van der Waals surface area contributed by atoms with Crippen molar-refractivity contribution < 1.29 is 9.90 Å². The Morgan fingerprint density at radius 3 is 2.76 bits per heavy atom. The minimum Gasteiger partial charge on any atom is -0.508 e. The van der Waals surface area contributed by atoms with Gasteiger partial charge in [0.05, 0.1) is 0 Å². The number of nitrogens with one attached hydrogen (secondary N) is 1. The Morgan fingerprint density at radius 1 is 1.14 bits per heavy atom. The summed E-state index contributed by atoms with van der Waals surface area (Å²) in [7, 11) is 0. The van der Waals surface area contributed by atoms with E-state index >= 15 is 0 Å². The predicted molar refractivity (Wildman–Crippen MR) is 83.9 cm³/mol. The van der Waals surface area contributed by atoms with E-state index in [1.807, 2.05) is 19.1 Å². The summed E-state index contributed by atoms with van der Waals surface area (Å²) in [5, 5.41) is 12.7. The summed E-state index contributed by atoms with van der Waals surface area (Å²) in [5.41, 5.74) is 4.74. The number of fused-ring (bicyclic) bond motifs is 1. The van der Waals surface area contributed by atoms with Crippen LogP contribution < -0.4 is 5.32 Å². The molecule has 21 heavy (non-hydrogen) atoms. The van der Waals surface area contributed by atoms with Gasteiger partial charge in [0.2, 0.25) is 0 Å². The smallest absolute Gasteiger partial charge is 0.255 e. The van der Waals surface area contributed by atoms with Crippen LogP contribution in [0.4, 0.5) is 5.69 Å². The molecular weight excluding hydrogens is 262 g/mol. The molecule has 0 spiro atoms. The highest BCUT2D eigenvalue weighted by atomic mass is 16.3. The van der Waals surface area contributed by atoms with E-state index in [0.717, 1.165) is 24.1 Å². The number of anilines is 1. The Bertz CT molecular complexity index is 692. The third kappa shape index (κ3) is 2.77. The summed E-state index contributed by atoms with van der Waals surface area (Å²) in [6, 6.07) is 11.1. The maximum absolute atomic E-state index is 12.3. The van der Waals surface area contributed by atoms with Gasteiger partial charge in [0.25, 0.3) is 5.91 Å². The molecule has 108 valence electrons. The molecule has 0 bridgehead atoms. The predicted octanol–water partition coefficient (Wildman–Crippen LogP) is 3.83. The van der Waals surface area contributed by atoms with Crippen molar-refractivity contribution in [2.75, 3.05) is 5.32 Å². The maximum atomic E-state index is 12.3. The van der Waals surface area contributed by atoms with E-state index in [2.05, 4.69) is 11.4 Å². The molecule has 1 aliphatic rings. The van der Waals surface area contributed by atoms with Crippen LogP contribution in [0.25, 0.3) is 0 Å². The van der Waals surface area contributed by atoms with Crippen molar-refractivity contribution in [2.24, 2.45) is 0 Å². The zero-order valence-corrected chi connectivity index (χ0v) is 12.1. The van der Waals surface area contributed by atoms with E-state index in [0.29, 0.717) is 5.56 Å². The number of amides is 1. The van der Waals surface area contributed by atoms with Crippen molar-refractivity contribution in [3.8, 4) is 5.75 Å². The fourth-order valence-corrected chi connectivity index (χ4v) is 2.84. The average molecular weight is 281 g/mol. The zero-order chi connectivity index (χ0) is 14.8. The highest BCUT2D eigenvalue weighted by Gasteiger charge is 2.15. The average Bonchev–Trinajstić information content (AvgIpc) is 2.50. The summed E-state index contributed by atoms with van der Waals surface area (Å²) < 4.78 is 0. The van der Waals surface area contributed by atoms with Gasteiger partial charge in [-0.2, -0.15) is 0 Å². The quantitative estimate of drug-likeness (QED) is 0.879. The van der Waals surface area contributed by atoms with Crippen LogP contribution in [-0.2, 0) is 12.8 Å². The number of rotatable bonds is 2. The molecule has 0 radical (unpaired) electrons. The molecule has 0 fully saturated rings. The second kappa shape index (κ2) is 5.60. The zero-order valence-electron chi connectivity index (χ0n) is 12.1. The highest BCUT2D eigenvalue weighted by molar-refractivity contribution is 6.05. The van der Waals surface area contributed by atoms with Crippen LogP contribution in [0.1, 0.15) is 39.9 Å². The van der Waals surface area contributed by atoms with Gasteiger partial charge in [0.15, 0.2) is 0 Å². The molecule has 2 aromatic rings. The second-order valence-corrected chi connectivity index (χ2v) is 5.61. The number of aromatic hydroxyl groups is 1. The van der Waals surface area contributed by atoms with Gasteiger partial charge in [-0.3, -0.25) is 4.79 Å². The first-order valence-corrected chi connectivity index (χ1v) is 7.37. The fraction of sp³-hybridized carbons (Fsp3) is 0.278. The molecule has 0 aliphatic heterocycles. The van der Waals surface area contributed by atoms with Crippen molar-refractivity contribution in [2.45, 2.75) is 32.6 Å². The second-order valence-electron chi connectivity index (χ2n) is 5.61. The van der Waals surface area contributed by atoms with Crippen LogP contribution >= 0.6 is 0 Å². The molecule has 3 heteroatoms. The first-order chi connectivity index (χ1) is 10.1. The molecular formula is C18H19NO2. The van der Waals surface area contributed by atoms with Gasteiger partial charge in [-0.15, -0.1) is 0 Å². The summed E-state index contributed by atoms with van der Waals surface area (Å²) >= 11 is 0. The Morgan fingerprint density at radius 2 is 1.95 bits per heavy atom. The Labute approximate surface area is 124 Å². The van der Waals surface area contributed by atoms with E-state index in [4.69, 9.17) is 0 Å². The monoisotopic (exact) mass is 281 g/mol. The molecule has 0 aromatic heterocycles. The van der Waals surface area contributed by atoms with Gasteiger partial charge < -0.3 is 10.4 Å². The Hall–Kier alpha value is -2.29. The molecule has 0 atom stereocenters. The van der Waals surface area contributed by atoms with Crippen molar-refractivity contribution in [1.29, 1.82) is 0 Å². The van der Waals surface area contributed by atoms with E-state index in [9.17, 15) is 9.90 Å². The van der Waals surface area contributed by atoms with Crippen molar-refractivity contribution in [3.05, 3.63) is 58.7 Å². The van der Waals surface area contributed by atoms with E-state index in [1.165, 1.54) is 30.0 Å². The fourth-order valence-electron chi connectivity index (χ4n) is 2.84. The summed E-state index contributed by atoms with van der Waals surface area (Å²) in [6.45, 7) is 1.81. The van der Waals surface area contributed by atoms with Gasteiger partial charge in [-0.1, -0.05) is 18.2 Å². The lowest BCUT2D eigenvalue weighted by atomic mass is 9.90. The topological polar surface area (TPSA) is 49.3 Å². The van der Waals surface area contributed by atoms with Gasteiger partial charge in [0, 0.05) is 11.3 Å². The van der Waals surface area contributed by atoms with Crippen molar-refractivity contribution >= 4 is 11.6 Å². The number of hydrogen-bond acceptors (Lipinski definition) is 2. The molecule has 3 nitrogen and oxygen atoms in total. The van der Waals surface area contributed by atoms with Crippen LogP contribution in [0.5, 0.6) is 5.75 Å².